The summed E-state index contributed by atoms with van der Waals surface area (Å²) in [5, 5.41) is 0. The van der Waals surface area contributed by atoms with Crippen molar-refractivity contribution in [1.29, 1.82) is 0 Å². The first-order valence-corrected chi connectivity index (χ1v) is 12.3. The number of ether oxygens (including phenoxy) is 3. The van der Waals surface area contributed by atoms with Gasteiger partial charge in [-0.15, -0.1) is 0 Å². The molecule has 1 heterocycles. The van der Waals surface area contributed by atoms with Crippen molar-refractivity contribution in [2.45, 2.75) is 31.1 Å². The number of rotatable bonds is 11. The Labute approximate surface area is 195 Å². The molecule has 180 valence electrons. The lowest BCUT2D eigenvalue weighted by molar-refractivity contribution is 0.219. The molecular weight excluding hydrogens is 446 g/mol. The largest absolute Gasteiger partial charge is 0.493 e. The van der Waals surface area contributed by atoms with Crippen LogP contribution in [0.1, 0.15) is 26.2 Å². The molecule has 1 fully saturated rings. The second-order valence-electron chi connectivity index (χ2n) is 7.64. The van der Waals surface area contributed by atoms with E-state index in [1.54, 1.807) is 17.0 Å². The lowest BCUT2D eigenvalue weighted by atomic mass is 10.2. The summed E-state index contributed by atoms with van der Waals surface area (Å²) in [5.41, 5.74) is 0.941. The summed E-state index contributed by atoms with van der Waals surface area (Å²) in [5.74, 6) is 1.04. The fourth-order valence-corrected chi connectivity index (χ4v) is 4.78. The van der Waals surface area contributed by atoms with Crippen LogP contribution in [0.15, 0.2) is 41.3 Å². The van der Waals surface area contributed by atoms with Crippen molar-refractivity contribution in [3.05, 3.63) is 36.4 Å². The maximum atomic E-state index is 12.9. The van der Waals surface area contributed by atoms with E-state index in [1.807, 2.05) is 4.90 Å². The molecule has 2 aromatic rings. The minimum absolute atomic E-state index is 0.0442. The van der Waals surface area contributed by atoms with Crippen molar-refractivity contribution in [3.63, 3.8) is 0 Å². The van der Waals surface area contributed by atoms with Crippen molar-refractivity contribution in [1.82, 2.24) is 4.90 Å². The van der Waals surface area contributed by atoms with Gasteiger partial charge in [-0.05, 0) is 30.7 Å². The highest BCUT2D eigenvalue weighted by Gasteiger charge is 2.29. The number of methoxy groups -OCH3 is 3. The molecule has 1 aliphatic rings. The van der Waals surface area contributed by atoms with Crippen molar-refractivity contribution in [3.8, 4) is 17.2 Å². The molecule has 0 aliphatic carbocycles. The number of urea groups is 1. The molecule has 0 atom stereocenters. The summed E-state index contributed by atoms with van der Waals surface area (Å²) < 4.78 is 44.2. The fourth-order valence-electron chi connectivity index (χ4n) is 3.74. The number of hydrogen-bond donors (Lipinski definition) is 1. The maximum Gasteiger partial charge on any atom is 0.324 e. The number of nitrogens with one attached hydrogen (secondary N) is 1. The standard InChI is InChI=1S/C23H31N3O6S/c1-5-6-7-12-25-13-14-26(23(25)27)18-8-10-19(11-9-18)33(28,29)24-17-15-20(30-2)22(32-4)21(16-17)31-3/h8-11,15-16,24H,5-7,12-14H2,1-4H3. The van der Waals surface area contributed by atoms with Crippen LogP contribution in [0.25, 0.3) is 0 Å². The smallest absolute Gasteiger partial charge is 0.324 e. The number of carbonyl (C=O) groups excluding carboxylic acids is 1. The van der Waals surface area contributed by atoms with Gasteiger partial charge < -0.3 is 19.1 Å². The highest BCUT2D eigenvalue weighted by molar-refractivity contribution is 7.92. The zero-order valence-electron chi connectivity index (χ0n) is 19.5. The molecule has 33 heavy (non-hydrogen) atoms. The summed E-state index contributed by atoms with van der Waals surface area (Å²) in [7, 11) is 0.510. The predicted octanol–water partition coefficient (Wildman–Crippen LogP) is 3.95. The monoisotopic (exact) mass is 477 g/mol. The Balaban J connectivity index is 1.75. The Kier molecular flexibility index (Phi) is 7.91. The van der Waals surface area contributed by atoms with Crippen LogP contribution in [0.4, 0.5) is 16.2 Å². The van der Waals surface area contributed by atoms with Gasteiger partial charge in [-0.25, -0.2) is 13.2 Å². The maximum absolute atomic E-state index is 12.9. The molecule has 0 spiro atoms. The third kappa shape index (κ3) is 5.44. The average Bonchev–Trinajstić information content (AvgIpc) is 3.18. The van der Waals surface area contributed by atoms with Crippen molar-refractivity contribution < 1.29 is 27.4 Å². The Morgan fingerprint density at radius 1 is 0.939 bits per heavy atom. The van der Waals surface area contributed by atoms with Crippen LogP contribution in [0, 0.1) is 0 Å². The Hall–Kier alpha value is -3.14. The molecule has 0 bridgehead atoms. The van der Waals surface area contributed by atoms with Gasteiger partial charge in [-0.3, -0.25) is 9.62 Å². The van der Waals surface area contributed by atoms with Gasteiger partial charge in [0, 0.05) is 37.5 Å². The van der Waals surface area contributed by atoms with Crippen LogP contribution >= 0.6 is 0 Å². The van der Waals surface area contributed by atoms with Gasteiger partial charge in [0.15, 0.2) is 11.5 Å². The zero-order chi connectivity index (χ0) is 24.0. The van der Waals surface area contributed by atoms with E-state index in [1.165, 1.54) is 45.6 Å². The first-order valence-electron chi connectivity index (χ1n) is 10.8. The van der Waals surface area contributed by atoms with Gasteiger partial charge in [0.1, 0.15) is 0 Å². The number of unbranched alkanes of at least 4 members (excludes halogenated alkanes) is 2. The number of nitrogens with zero attached hydrogens (tertiary/aromatic N) is 2. The van der Waals surface area contributed by atoms with Gasteiger partial charge in [-0.1, -0.05) is 19.8 Å². The zero-order valence-corrected chi connectivity index (χ0v) is 20.3. The lowest BCUT2D eigenvalue weighted by Gasteiger charge is -2.19. The first-order chi connectivity index (χ1) is 15.8. The van der Waals surface area contributed by atoms with Crippen LogP contribution in [-0.4, -0.2) is 60.3 Å². The topological polar surface area (TPSA) is 97.4 Å². The molecule has 2 amide bonds. The highest BCUT2D eigenvalue weighted by Crippen LogP contribution is 2.40. The van der Waals surface area contributed by atoms with Gasteiger partial charge in [0.25, 0.3) is 10.0 Å². The summed E-state index contributed by atoms with van der Waals surface area (Å²) in [6, 6.07) is 9.27. The van der Waals surface area contributed by atoms with Gasteiger partial charge in [0.2, 0.25) is 5.75 Å². The van der Waals surface area contributed by atoms with E-state index in [-0.39, 0.29) is 16.6 Å². The van der Waals surface area contributed by atoms with E-state index in [4.69, 9.17) is 14.2 Å². The molecule has 0 unspecified atom stereocenters. The first kappa shape index (κ1) is 24.5. The number of hydrogen-bond acceptors (Lipinski definition) is 6. The molecule has 3 rings (SSSR count). The minimum Gasteiger partial charge on any atom is -0.493 e. The molecule has 9 nitrogen and oxygen atoms in total. The molecular formula is C23H31N3O6S. The molecule has 1 saturated heterocycles. The van der Waals surface area contributed by atoms with E-state index < -0.39 is 10.0 Å². The second-order valence-corrected chi connectivity index (χ2v) is 9.32. The minimum atomic E-state index is -3.88. The molecule has 1 N–H and O–H groups in total. The fraction of sp³-hybridized carbons (Fsp3) is 0.435. The summed E-state index contributed by atoms with van der Waals surface area (Å²) >= 11 is 0. The Morgan fingerprint density at radius 3 is 2.12 bits per heavy atom. The molecule has 0 saturated carbocycles. The molecule has 10 heteroatoms. The number of amides is 2. The summed E-state index contributed by atoms with van der Waals surface area (Å²) in [4.78, 5) is 16.3. The van der Waals surface area contributed by atoms with Gasteiger partial charge >= 0.3 is 6.03 Å². The average molecular weight is 478 g/mol. The van der Waals surface area contributed by atoms with E-state index in [2.05, 4.69) is 11.6 Å². The van der Waals surface area contributed by atoms with Crippen LogP contribution < -0.4 is 23.8 Å². The van der Waals surface area contributed by atoms with Crippen LogP contribution in [-0.2, 0) is 10.0 Å². The number of benzene rings is 2. The van der Waals surface area contributed by atoms with Crippen LogP contribution in [0.2, 0.25) is 0 Å². The summed E-state index contributed by atoms with van der Waals surface area (Å²) in [6.07, 6.45) is 3.18. The SMILES string of the molecule is CCCCCN1CCN(c2ccc(S(=O)(=O)Nc3cc(OC)c(OC)c(OC)c3)cc2)C1=O. The Bertz CT molecular complexity index is 1050. The van der Waals surface area contributed by atoms with Crippen molar-refractivity contribution in [2.75, 3.05) is 50.6 Å². The van der Waals surface area contributed by atoms with Gasteiger partial charge in [0.05, 0.1) is 31.9 Å². The number of anilines is 2. The van der Waals surface area contributed by atoms with Crippen molar-refractivity contribution >= 4 is 27.4 Å². The molecule has 2 aromatic carbocycles. The highest BCUT2D eigenvalue weighted by atomic mass is 32.2. The van der Waals surface area contributed by atoms with E-state index in [0.717, 1.165) is 25.8 Å². The molecule has 0 aromatic heterocycles. The lowest BCUT2D eigenvalue weighted by Crippen LogP contribution is -2.32. The molecule has 1 aliphatic heterocycles. The number of sulfonamides is 1. The third-order valence-corrected chi connectivity index (χ3v) is 6.90. The van der Waals surface area contributed by atoms with Crippen LogP contribution in [0.5, 0.6) is 17.2 Å². The predicted molar refractivity (Wildman–Crippen MR) is 127 cm³/mol. The normalized spacial score (nSPS) is 13.9. The van der Waals surface area contributed by atoms with Gasteiger partial charge in [-0.2, -0.15) is 0 Å². The summed E-state index contributed by atoms with van der Waals surface area (Å²) in [6.45, 7) is 4.13. The number of carbonyl (C=O) groups is 1. The van der Waals surface area contributed by atoms with Crippen molar-refractivity contribution in [2.24, 2.45) is 0 Å². The van der Waals surface area contributed by atoms with E-state index in [0.29, 0.717) is 36.0 Å². The second kappa shape index (κ2) is 10.7. The molecule has 0 radical (unpaired) electrons. The van der Waals surface area contributed by atoms with E-state index in [9.17, 15) is 13.2 Å². The Morgan fingerprint density at radius 2 is 1.58 bits per heavy atom. The van der Waals surface area contributed by atoms with Crippen LogP contribution in [0.3, 0.4) is 0 Å². The third-order valence-electron chi connectivity index (χ3n) is 5.50. The van der Waals surface area contributed by atoms with E-state index >= 15 is 0 Å². The quantitative estimate of drug-likeness (QED) is 0.492.